The molecule has 2 aromatic rings. The maximum atomic E-state index is 12.0. The number of carbonyl (C=O) groups excluding carboxylic acids is 2. The van der Waals surface area contributed by atoms with Crippen LogP contribution in [0, 0.1) is 0 Å². The van der Waals surface area contributed by atoms with Crippen LogP contribution >= 0.6 is 0 Å². The van der Waals surface area contributed by atoms with Gasteiger partial charge in [-0.3, -0.25) is 0 Å². The number of rotatable bonds is 7. The molecule has 1 amide bonds. The third kappa shape index (κ3) is 5.03. The van der Waals surface area contributed by atoms with Gasteiger partial charge >= 0.3 is 12.1 Å². The minimum atomic E-state index is -1.08. The Morgan fingerprint density at radius 3 is 2.61 bits per heavy atom. The highest BCUT2D eigenvalue weighted by Crippen LogP contribution is 2.16. The van der Waals surface area contributed by atoms with E-state index in [1.165, 1.54) is 12.3 Å². The minimum absolute atomic E-state index is 0.0385. The molecule has 1 atom stereocenters. The van der Waals surface area contributed by atoms with E-state index < -0.39 is 18.1 Å². The second kappa shape index (κ2) is 8.43. The van der Waals surface area contributed by atoms with Crippen molar-refractivity contribution in [2.24, 2.45) is 0 Å². The summed E-state index contributed by atoms with van der Waals surface area (Å²) in [7, 11) is 0. The Labute approximate surface area is 133 Å². The first kappa shape index (κ1) is 16.4. The molecule has 0 unspecified atom stereocenters. The Balaban J connectivity index is 1.95. The molecule has 6 nitrogen and oxygen atoms in total. The summed E-state index contributed by atoms with van der Waals surface area (Å²) in [5.74, 6) is -0.396. The molecule has 1 aromatic carbocycles. The second-order valence-corrected chi connectivity index (χ2v) is 4.57. The normalized spacial score (nSPS) is 11.3. The van der Waals surface area contributed by atoms with Gasteiger partial charge in [-0.25, -0.2) is 9.59 Å². The number of ether oxygens (including phenoxy) is 2. The maximum absolute atomic E-state index is 12.0. The number of carbonyl (C=O) groups is 2. The van der Waals surface area contributed by atoms with E-state index in [1.54, 1.807) is 12.1 Å². The van der Waals surface area contributed by atoms with Gasteiger partial charge in [0, 0.05) is 0 Å². The van der Waals surface area contributed by atoms with Crippen molar-refractivity contribution < 1.29 is 23.5 Å². The molecule has 1 N–H and O–H groups in total. The van der Waals surface area contributed by atoms with Crippen molar-refractivity contribution in [3.63, 3.8) is 0 Å². The lowest BCUT2D eigenvalue weighted by molar-refractivity contribution is -0.145. The molecular formula is C17H17NO5. The van der Waals surface area contributed by atoms with Crippen LogP contribution in [-0.4, -0.2) is 18.7 Å². The number of amides is 1. The SMILES string of the molecule is C=CCOC(=O)[C@H](NC(=O)OCc1ccccc1)c1ccco1. The molecule has 0 saturated carbocycles. The first-order valence-corrected chi connectivity index (χ1v) is 6.99. The molecule has 0 aliphatic rings. The van der Waals surface area contributed by atoms with Gasteiger partial charge in [0.15, 0.2) is 6.04 Å². The van der Waals surface area contributed by atoms with Crippen LogP contribution < -0.4 is 5.32 Å². The quantitative estimate of drug-likeness (QED) is 0.628. The molecule has 0 aliphatic carbocycles. The summed E-state index contributed by atoms with van der Waals surface area (Å²) in [5.41, 5.74) is 0.839. The number of hydrogen-bond donors (Lipinski definition) is 1. The van der Waals surface area contributed by atoms with Gasteiger partial charge in [-0.1, -0.05) is 43.0 Å². The zero-order valence-corrected chi connectivity index (χ0v) is 12.4. The predicted molar refractivity (Wildman–Crippen MR) is 82.4 cm³/mol. The van der Waals surface area contributed by atoms with Gasteiger partial charge < -0.3 is 19.2 Å². The van der Waals surface area contributed by atoms with Crippen LogP contribution in [-0.2, 0) is 20.9 Å². The average molecular weight is 315 g/mol. The summed E-state index contributed by atoms with van der Waals surface area (Å²) in [6.07, 6.45) is 2.09. The van der Waals surface area contributed by atoms with Gasteiger partial charge in [0.25, 0.3) is 0 Å². The first-order chi connectivity index (χ1) is 11.2. The number of alkyl carbamates (subject to hydrolysis) is 1. The molecule has 0 fully saturated rings. The molecule has 0 saturated heterocycles. The fraction of sp³-hybridized carbons (Fsp3) is 0.176. The van der Waals surface area contributed by atoms with Gasteiger partial charge in [0.05, 0.1) is 6.26 Å². The highest BCUT2D eigenvalue weighted by molar-refractivity contribution is 5.82. The van der Waals surface area contributed by atoms with E-state index in [4.69, 9.17) is 13.9 Å². The Kier molecular flexibility index (Phi) is 5.99. The molecule has 1 aromatic heterocycles. The number of benzene rings is 1. The molecule has 0 aliphatic heterocycles. The largest absolute Gasteiger partial charge is 0.467 e. The van der Waals surface area contributed by atoms with E-state index in [9.17, 15) is 9.59 Å². The highest BCUT2D eigenvalue weighted by atomic mass is 16.6. The van der Waals surface area contributed by atoms with Gasteiger partial charge in [-0.15, -0.1) is 0 Å². The van der Waals surface area contributed by atoms with Crippen molar-refractivity contribution in [2.45, 2.75) is 12.6 Å². The van der Waals surface area contributed by atoms with Crippen LogP contribution in [0.4, 0.5) is 4.79 Å². The lowest BCUT2D eigenvalue weighted by atomic mass is 10.2. The Hall–Kier alpha value is -3.02. The number of hydrogen-bond acceptors (Lipinski definition) is 5. The van der Waals surface area contributed by atoms with E-state index in [0.29, 0.717) is 0 Å². The molecule has 120 valence electrons. The summed E-state index contributed by atoms with van der Waals surface area (Å²) in [4.78, 5) is 23.9. The molecule has 0 spiro atoms. The van der Waals surface area contributed by atoms with Crippen LogP contribution in [0.1, 0.15) is 17.4 Å². The van der Waals surface area contributed by atoms with Gasteiger partial charge in [-0.2, -0.15) is 0 Å². The van der Waals surface area contributed by atoms with E-state index in [1.807, 2.05) is 30.3 Å². The lowest BCUT2D eigenvalue weighted by Crippen LogP contribution is -2.35. The standard InChI is InChI=1S/C17H17NO5/c1-2-10-22-16(19)15(14-9-6-11-21-14)18-17(20)23-12-13-7-4-3-5-8-13/h2-9,11,15H,1,10,12H2,(H,18,20)/t15-/m1/s1. The Morgan fingerprint density at radius 1 is 1.17 bits per heavy atom. The highest BCUT2D eigenvalue weighted by Gasteiger charge is 2.27. The summed E-state index contributed by atoms with van der Waals surface area (Å²) in [6.45, 7) is 3.60. The predicted octanol–water partition coefficient (Wildman–Crippen LogP) is 2.98. The van der Waals surface area contributed by atoms with Crippen LogP contribution in [0.2, 0.25) is 0 Å². The van der Waals surface area contributed by atoms with Gasteiger partial charge in [0.1, 0.15) is 19.0 Å². The molecule has 1 heterocycles. The Bertz CT molecular complexity index is 636. The molecular weight excluding hydrogens is 298 g/mol. The van der Waals surface area contributed by atoms with Crippen molar-refractivity contribution >= 4 is 12.1 Å². The molecule has 0 radical (unpaired) electrons. The van der Waals surface area contributed by atoms with Crippen LogP contribution in [0.5, 0.6) is 0 Å². The third-order valence-corrected chi connectivity index (χ3v) is 2.88. The van der Waals surface area contributed by atoms with Crippen LogP contribution in [0.25, 0.3) is 0 Å². The molecule has 23 heavy (non-hydrogen) atoms. The topological polar surface area (TPSA) is 77.8 Å². The van der Waals surface area contributed by atoms with E-state index >= 15 is 0 Å². The van der Waals surface area contributed by atoms with E-state index in [0.717, 1.165) is 5.56 Å². The van der Waals surface area contributed by atoms with E-state index in [2.05, 4.69) is 11.9 Å². The first-order valence-electron chi connectivity index (χ1n) is 6.99. The summed E-state index contributed by atoms with van der Waals surface area (Å²) >= 11 is 0. The van der Waals surface area contributed by atoms with Gasteiger partial charge in [0.2, 0.25) is 0 Å². The second-order valence-electron chi connectivity index (χ2n) is 4.57. The maximum Gasteiger partial charge on any atom is 0.408 e. The number of esters is 1. The number of nitrogens with one attached hydrogen (secondary N) is 1. The summed E-state index contributed by atoms with van der Waals surface area (Å²) in [5, 5.41) is 2.43. The monoisotopic (exact) mass is 315 g/mol. The smallest absolute Gasteiger partial charge is 0.408 e. The molecule has 2 rings (SSSR count). The summed E-state index contributed by atoms with van der Waals surface area (Å²) in [6, 6.07) is 11.3. The van der Waals surface area contributed by atoms with Crippen molar-refractivity contribution in [2.75, 3.05) is 6.61 Å². The zero-order chi connectivity index (χ0) is 16.5. The fourth-order valence-electron chi connectivity index (χ4n) is 1.81. The number of furan rings is 1. The van der Waals surface area contributed by atoms with Crippen LogP contribution in [0.15, 0.2) is 65.8 Å². The summed E-state index contributed by atoms with van der Waals surface area (Å²) < 4.78 is 15.2. The van der Waals surface area contributed by atoms with Crippen molar-refractivity contribution in [1.82, 2.24) is 5.32 Å². The van der Waals surface area contributed by atoms with Gasteiger partial charge in [-0.05, 0) is 17.7 Å². The minimum Gasteiger partial charge on any atom is -0.467 e. The van der Waals surface area contributed by atoms with E-state index in [-0.39, 0.29) is 19.0 Å². The van der Waals surface area contributed by atoms with Crippen molar-refractivity contribution in [3.8, 4) is 0 Å². The molecule has 6 heteroatoms. The Morgan fingerprint density at radius 2 is 1.96 bits per heavy atom. The van der Waals surface area contributed by atoms with Crippen molar-refractivity contribution in [3.05, 3.63) is 72.7 Å². The molecule has 0 bridgehead atoms. The lowest BCUT2D eigenvalue weighted by Gasteiger charge is -2.15. The van der Waals surface area contributed by atoms with Crippen LogP contribution in [0.3, 0.4) is 0 Å². The average Bonchev–Trinajstić information content (AvgIpc) is 3.11. The third-order valence-electron chi connectivity index (χ3n) is 2.88. The van der Waals surface area contributed by atoms with Crippen molar-refractivity contribution in [1.29, 1.82) is 0 Å². The zero-order valence-electron chi connectivity index (χ0n) is 12.4. The fourth-order valence-corrected chi connectivity index (χ4v) is 1.81.